The summed E-state index contributed by atoms with van der Waals surface area (Å²) in [6.45, 7) is 3.40. The van der Waals surface area contributed by atoms with Crippen molar-refractivity contribution >= 4 is 11.8 Å². The molecular weight excluding hydrogens is 322 g/mol. The largest absolute Gasteiger partial charge is 0.493 e. The Hall–Kier alpha value is -2.75. The summed E-state index contributed by atoms with van der Waals surface area (Å²) in [4.78, 5) is 22.9. The Kier molecular flexibility index (Phi) is 9.53. The van der Waals surface area contributed by atoms with Crippen molar-refractivity contribution in [3.8, 4) is 17.6 Å². The molecule has 0 aliphatic rings. The first-order valence-corrected chi connectivity index (χ1v) is 8.30. The number of hydrogen-bond acceptors (Lipinski definition) is 5. The van der Waals surface area contributed by atoms with Gasteiger partial charge >= 0.3 is 0 Å². The summed E-state index contributed by atoms with van der Waals surface area (Å²) in [6, 6.07) is 7.43. The van der Waals surface area contributed by atoms with Crippen molar-refractivity contribution in [2.24, 2.45) is 0 Å². The molecule has 0 bridgehead atoms. The molecule has 0 aliphatic carbocycles. The zero-order valence-corrected chi connectivity index (χ0v) is 14.8. The molecule has 0 spiro atoms. The van der Waals surface area contributed by atoms with Crippen LogP contribution in [0.3, 0.4) is 0 Å². The molecule has 0 fully saturated rings. The summed E-state index contributed by atoms with van der Waals surface area (Å²) in [5.74, 6) is 1.01. The van der Waals surface area contributed by atoms with Gasteiger partial charge in [0.2, 0.25) is 11.8 Å². The lowest BCUT2D eigenvalue weighted by atomic mass is 10.1. The van der Waals surface area contributed by atoms with Crippen LogP contribution in [-0.2, 0) is 16.0 Å². The number of hydrogen-bond donors (Lipinski definition) is 2. The van der Waals surface area contributed by atoms with E-state index in [-0.39, 0.29) is 18.2 Å². The van der Waals surface area contributed by atoms with Gasteiger partial charge in [0.15, 0.2) is 11.5 Å². The van der Waals surface area contributed by atoms with Gasteiger partial charge in [0.1, 0.15) is 6.42 Å². The van der Waals surface area contributed by atoms with Crippen LogP contribution in [-0.4, -0.2) is 38.6 Å². The Morgan fingerprint density at radius 1 is 1.16 bits per heavy atom. The SMILES string of the molecule is CCOc1ccc(CCC(=O)NCCCNC(=O)CC#N)cc1OC. The third kappa shape index (κ3) is 8.06. The molecule has 0 saturated heterocycles. The topological polar surface area (TPSA) is 100 Å². The summed E-state index contributed by atoms with van der Waals surface area (Å²) in [7, 11) is 1.59. The second-order valence-corrected chi connectivity index (χ2v) is 5.31. The summed E-state index contributed by atoms with van der Waals surface area (Å²) in [5, 5.41) is 13.8. The molecule has 0 heterocycles. The highest BCUT2D eigenvalue weighted by molar-refractivity contribution is 5.78. The van der Waals surface area contributed by atoms with Gasteiger partial charge in [0.05, 0.1) is 19.8 Å². The molecule has 0 atom stereocenters. The van der Waals surface area contributed by atoms with Gasteiger partial charge in [-0.25, -0.2) is 0 Å². The molecule has 0 aromatic heterocycles. The molecule has 1 rings (SSSR count). The summed E-state index contributed by atoms with van der Waals surface area (Å²) >= 11 is 0. The molecule has 7 nitrogen and oxygen atoms in total. The Morgan fingerprint density at radius 3 is 2.52 bits per heavy atom. The number of nitrogens with one attached hydrogen (secondary N) is 2. The van der Waals surface area contributed by atoms with Gasteiger partial charge in [-0.15, -0.1) is 0 Å². The summed E-state index contributed by atoms with van der Waals surface area (Å²) in [5.41, 5.74) is 0.999. The second kappa shape index (κ2) is 11.7. The predicted molar refractivity (Wildman–Crippen MR) is 93.4 cm³/mol. The molecule has 2 amide bonds. The number of carbonyl (C=O) groups excluding carboxylic acids is 2. The van der Waals surface area contributed by atoms with Crippen LogP contribution < -0.4 is 20.1 Å². The Bertz CT molecular complexity index is 611. The lowest BCUT2D eigenvalue weighted by Crippen LogP contribution is -2.29. The minimum Gasteiger partial charge on any atom is -0.493 e. The van der Waals surface area contributed by atoms with Gasteiger partial charge in [-0.05, 0) is 37.5 Å². The third-order valence-electron chi connectivity index (χ3n) is 3.41. The van der Waals surface area contributed by atoms with Gasteiger partial charge in [0, 0.05) is 19.5 Å². The van der Waals surface area contributed by atoms with Crippen LogP contribution >= 0.6 is 0 Å². The molecule has 0 radical (unpaired) electrons. The highest BCUT2D eigenvalue weighted by Crippen LogP contribution is 2.28. The van der Waals surface area contributed by atoms with Gasteiger partial charge < -0.3 is 20.1 Å². The lowest BCUT2D eigenvalue weighted by molar-refractivity contribution is -0.121. The zero-order valence-electron chi connectivity index (χ0n) is 14.8. The minimum atomic E-state index is -0.293. The van der Waals surface area contributed by atoms with E-state index in [1.54, 1.807) is 13.2 Å². The molecule has 1 aromatic carbocycles. The minimum absolute atomic E-state index is 0.0452. The number of amides is 2. The molecule has 0 saturated carbocycles. The molecule has 136 valence electrons. The normalized spacial score (nSPS) is 9.80. The number of ether oxygens (including phenoxy) is 2. The Labute approximate surface area is 148 Å². The maximum absolute atomic E-state index is 11.8. The maximum Gasteiger partial charge on any atom is 0.234 e. The summed E-state index contributed by atoms with van der Waals surface area (Å²) < 4.78 is 10.8. The van der Waals surface area contributed by atoms with E-state index in [1.165, 1.54) is 0 Å². The fourth-order valence-corrected chi connectivity index (χ4v) is 2.17. The van der Waals surface area contributed by atoms with Crippen LogP contribution in [0.2, 0.25) is 0 Å². The fraction of sp³-hybridized carbons (Fsp3) is 0.500. The number of methoxy groups -OCH3 is 1. The monoisotopic (exact) mass is 347 g/mol. The van der Waals surface area contributed by atoms with E-state index < -0.39 is 0 Å². The van der Waals surface area contributed by atoms with Gasteiger partial charge in [-0.1, -0.05) is 6.07 Å². The molecule has 2 N–H and O–H groups in total. The smallest absolute Gasteiger partial charge is 0.234 e. The Balaban J connectivity index is 2.28. The van der Waals surface area contributed by atoms with Crippen molar-refractivity contribution in [3.05, 3.63) is 23.8 Å². The van der Waals surface area contributed by atoms with Crippen LogP contribution in [0.4, 0.5) is 0 Å². The van der Waals surface area contributed by atoms with Crippen molar-refractivity contribution in [2.45, 2.75) is 32.6 Å². The molecule has 0 aliphatic heterocycles. The average Bonchev–Trinajstić information content (AvgIpc) is 2.61. The van der Waals surface area contributed by atoms with Crippen LogP contribution in [0.1, 0.15) is 31.7 Å². The van der Waals surface area contributed by atoms with Crippen LogP contribution in [0, 0.1) is 11.3 Å². The van der Waals surface area contributed by atoms with E-state index in [0.29, 0.717) is 50.5 Å². The molecule has 0 unspecified atom stereocenters. The highest BCUT2D eigenvalue weighted by atomic mass is 16.5. The van der Waals surface area contributed by atoms with E-state index in [1.807, 2.05) is 25.1 Å². The van der Waals surface area contributed by atoms with E-state index in [2.05, 4.69) is 10.6 Å². The van der Waals surface area contributed by atoms with E-state index in [4.69, 9.17) is 14.7 Å². The molecular formula is C18H25N3O4. The standard InChI is InChI=1S/C18H25N3O4/c1-3-25-15-7-5-14(13-16(15)24-2)6-8-17(22)20-11-4-12-21-18(23)9-10-19/h5,7,13H,3-4,6,8-9,11-12H2,1-2H3,(H,20,22)(H,21,23). The first-order valence-electron chi connectivity index (χ1n) is 8.30. The molecule has 7 heteroatoms. The van der Waals surface area contributed by atoms with Gasteiger partial charge in [0.25, 0.3) is 0 Å². The highest BCUT2D eigenvalue weighted by Gasteiger charge is 2.07. The van der Waals surface area contributed by atoms with Crippen molar-refractivity contribution in [1.82, 2.24) is 10.6 Å². The number of nitrogens with zero attached hydrogens (tertiary/aromatic N) is 1. The first kappa shape index (κ1) is 20.3. The van der Waals surface area contributed by atoms with Crippen LogP contribution in [0.5, 0.6) is 11.5 Å². The maximum atomic E-state index is 11.8. The number of benzene rings is 1. The van der Waals surface area contributed by atoms with Gasteiger partial charge in [-0.2, -0.15) is 5.26 Å². The predicted octanol–water partition coefficient (Wildman–Crippen LogP) is 1.56. The summed E-state index contributed by atoms with van der Waals surface area (Å²) in [6.07, 6.45) is 1.46. The number of nitriles is 1. The Morgan fingerprint density at radius 2 is 1.88 bits per heavy atom. The number of aryl methyl sites for hydroxylation is 1. The lowest BCUT2D eigenvalue weighted by Gasteiger charge is -2.11. The van der Waals surface area contributed by atoms with Crippen LogP contribution in [0.25, 0.3) is 0 Å². The second-order valence-electron chi connectivity index (χ2n) is 5.31. The van der Waals surface area contributed by atoms with E-state index in [9.17, 15) is 9.59 Å². The number of carbonyl (C=O) groups is 2. The van der Waals surface area contributed by atoms with Crippen LogP contribution in [0.15, 0.2) is 18.2 Å². The van der Waals surface area contributed by atoms with E-state index >= 15 is 0 Å². The third-order valence-corrected chi connectivity index (χ3v) is 3.41. The van der Waals surface area contributed by atoms with Crippen molar-refractivity contribution in [1.29, 1.82) is 5.26 Å². The quantitative estimate of drug-likeness (QED) is 0.592. The van der Waals surface area contributed by atoms with E-state index in [0.717, 1.165) is 5.56 Å². The fourth-order valence-electron chi connectivity index (χ4n) is 2.17. The van der Waals surface area contributed by atoms with Crippen molar-refractivity contribution in [3.63, 3.8) is 0 Å². The zero-order chi connectivity index (χ0) is 18.5. The van der Waals surface area contributed by atoms with Gasteiger partial charge in [-0.3, -0.25) is 9.59 Å². The first-order chi connectivity index (χ1) is 12.1. The molecule has 25 heavy (non-hydrogen) atoms. The van der Waals surface area contributed by atoms with Crippen molar-refractivity contribution in [2.75, 3.05) is 26.8 Å². The number of rotatable bonds is 11. The van der Waals surface area contributed by atoms with Crippen molar-refractivity contribution < 1.29 is 19.1 Å². The average molecular weight is 347 g/mol. The molecule has 1 aromatic rings.